The van der Waals surface area contributed by atoms with E-state index in [0.717, 1.165) is 0 Å². The highest BCUT2D eigenvalue weighted by Gasteiger charge is 2.13. The van der Waals surface area contributed by atoms with Crippen LogP contribution < -0.4 is 5.32 Å². The van der Waals surface area contributed by atoms with E-state index in [2.05, 4.69) is 20.5 Å². The number of anilines is 1. The lowest BCUT2D eigenvalue weighted by Crippen LogP contribution is -2.14. The molecule has 0 fully saturated rings. The molecule has 0 unspecified atom stereocenters. The SMILES string of the molecule is N#Cc1ccc(NC(=O)c2cc(Cl)nnc2Cl)nc1. The Kier molecular flexibility index (Phi) is 3.90. The van der Waals surface area contributed by atoms with Crippen LogP contribution in [-0.4, -0.2) is 21.1 Å². The van der Waals surface area contributed by atoms with E-state index >= 15 is 0 Å². The van der Waals surface area contributed by atoms with E-state index in [0.29, 0.717) is 5.56 Å². The van der Waals surface area contributed by atoms with Crippen LogP contribution in [-0.2, 0) is 0 Å². The van der Waals surface area contributed by atoms with Crippen LogP contribution in [0.4, 0.5) is 5.82 Å². The van der Waals surface area contributed by atoms with Gasteiger partial charge >= 0.3 is 0 Å². The van der Waals surface area contributed by atoms with E-state index in [1.54, 1.807) is 0 Å². The largest absolute Gasteiger partial charge is 0.306 e. The summed E-state index contributed by atoms with van der Waals surface area (Å²) in [6.45, 7) is 0. The summed E-state index contributed by atoms with van der Waals surface area (Å²) in [5.41, 5.74) is 0.484. The number of nitrogens with one attached hydrogen (secondary N) is 1. The number of amides is 1. The molecule has 2 heterocycles. The average Bonchev–Trinajstić information content (AvgIpc) is 2.42. The van der Waals surface area contributed by atoms with Gasteiger partial charge in [0.05, 0.1) is 11.1 Å². The number of pyridine rings is 1. The molecule has 2 rings (SSSR count). The zero-order valence-corrected chi connectivity index (χ0v) is 10.8. The van der Waals surface area contributed by atoms with E-state index in [9.17, 15) is 4.79 Å². The van der Waals surface area contributed by atoms with E-state index in [4.69, 9.17) is 28.5 Å². The van der Waals surface area contributed by atoms with Crippen molar-refractivity contribution in [2.75, 3.05) is 5.32 Å². The first kappa shape index (κ1) is 13.2. The Morgan fingerprint density at radius 2 is 2.11 bits per heavy atom. The van der Waals surface area contributed by atoms with Crippen LogP contribution in [0.1, 0.15) is 15.9 Å². The first-order chi connectivity index (χ1) is 9.10. The fourth-order valence-electron chi connectivity index (χ4n) is 1.23. The van der Waals surface area contributed by atoms with Crippen molar-refractivity contribution in [2.24, 2.45) is 0 Å². The van der Waals surface area contributed by atoms with Gasteiger partial charge in [-0.25, -0.2) is 4.98 Å². The Hall–Kier alpha value is -2.23. The van der Waals surface area contributed by atoms with Crippen LogP contribution in [0.15, 0.2) is 24.4 Å². The number of hydrogen-bond donors (Lipinski definition) is 1. The number of hydrogen-bond acceptors (Lipinski definition) is 5. The maximum absolute atomic E-state index is 11.9. The molecule has 0 saturated heterocycles. The van der Waals surface area contributed by atoms with Crippen LogP contribution in [0.3, 0.4) is 0 Å². The summed E-state index contributed by atoms with van der Waals surface area (Å²) >= 11 is 11.4. The van der Waals surface area contributed by atoms with Gasteiger partial charge in [-0.1, -0.05) is 23.2 Å². The smallest absolute Gasteiger partial charge is 0.260 e. The summed E-state index contributed by atoms with van der Waals surface area (Å²) in [5, 5.41) is 18.2. The Labute approximate surface area is 118 Å². The summed E-state index contributed by atoms with van der Waals surface area (Å²) in [5.74, 6) is -0.230. The zero-order chi connectivity index (χ0) is 13.8. The molecule has 8 heteroatoms. The third-order valence-corrected chi connectivity index (χ3v) is 2.56. The molecular weight excluding hydrogens is 289 g/mol. The molecule has 19 heavy (non-hydrogen) atoms. The number of nitriles is 1. The minimum atomic E-state index is -0.515. The van der Waals surface area contributed by atoms with Crippen LogP contribution in [0.2, 0.25) is 10.3 Å². The van der Waals surface area contributed by atoms with Crippen LogP contribution in [0.5, 0.6) is 0 Å². The Morgan fingerprint density at radius 1 is 1.32 bits per heavy atom. The molecule has 1 amide bonds. The third kappa shape index (κ3) is 3.16. The Balaban J connectivity index is 2.21. The molecule has 6 nitrogen and oxygen atoms in total. The van der Waals surface area contributed by atoms with Gasteiger partial charge in [0.1, 0.15) is 11.9 Å². The molecule has 0 atom stereocenters. The summed E-state index contributed by atoms with van der Waals surface area (Å²) in [7, 11) is 0. The normalized spacial score (nSPS) is 9.74. The molecule has 94 valence electrons. The molecule has 0 saturated carbocycles. The van der Waals surface area contributed by atoms with E-state index < -0.39 is 5.91 Å². The summed E-state index contributed by atoms with van der Waals surface area (Å²) in [4.78, 5) is 15.8. The zero-order valence-electron chi connectivity index (χ0n) is 9.26. The number of rotatable bonds is 2. The van der Waals surface area contributed by atoms with Crippen molar-refractivity contribution in [3.8, 4) is 6.07 Å². The predicted octanol–water partition coefficient (Wildman–Crippen LogP) is 2.30. The highest BCUT2D eigenvalue weighted by molar-refractivity contribution is 6.34. The van der Waals surface area contributed by atoms with Gasteiger partial charge in [0.25, 0.3) is 5.91 Å². The molecule has 2 aromatic heterocycles. The topological polar surface area (TPSA) is 91.6 Å². The summed E-state index contributed by atoms with van der Waals surface area (Å²) in [6, 6.07) is 6.26. The molecule has 0 aliphatic rings. The minimum absolute atomic E-state index is 0.0577. The van der Waals surface area contributed by atoms with Crippen LogP contribution in [0.25, 0.3) is 0 Å². The van der Waals surface area contributed by atoms with Crippen molar-refractivity contribution in [1.29, 1.82) is 5.26 Å². The molecule has 0 radical (unpaired) electrons. The van der Waals surface area contributed by atoms with Gasteiger partial charge in [0, 0.05) is 6.20 Å². The van der Waals surface area contributed by atoms with Crippen molar-refractivity contribution in [3.05, 3.63) is 45.8 Å². The van der Waals surface area contributed by atoms with E-state index in [1.807, 2.05) is 6.07 Å². The van der Waals surface area contributed by atoms with Gasteiger partial charge in [0.15, 0.2) is 10.3 Å². The lowest BCUT2D eigenvalue weighted by atomic mass is 10.3. The van der Waals surface area contributed by atoms with E-state index in [1.165, 1.54) is 24.4 Å². The van der Waals surface area contributed by atoms with Gasteiger partial charge < -0.3 is 5.32 Å². The molecule has 0 aromatic carbocycles. The number of halogens is 2. The predicted molar refractivity (Wildman–Crippen MR) is 69.0 cm³/mol. The molecule has 2 aromatic rings. The van der Waals surface area contributed by atoms with Crippen LogP contribution >= 0.6 is 23.2 Å². The lowest BCUT2D eigenvalue weighted by Gasteiger charge is -2.05. The van der Waals surface area contributed by atoms with Crippen LogP contribution in [0, 0.1) is 11.3 Å². The molecule has 0 aliphatic heterocycles. The second-order valence-corrected chi connectivity index (χ2v) is 4.11. The quantitative estimate of drug-likeness (QED) is 0.917. The molecule has 0 spiro atoms. The molecule has 0 aliphatic carbocycles. The Bertz CT molecular complexity index is 666. The third-order valence-electron chi connectivity index (χ3n) is 2.10. The van der Waals surface area contributed by atoms with Crippen molar-refractivity contribution in [2.45, 2.75) is 0 Å². The maximum Gasteiger partial charge on any atom is 0.260 e. The summed E-state index contributed by atoms with van der Waals surface area (Å²) < 4.78 is 0. The van der Waals surface area contributed by atoms with E-state index in [-0.39, 0.29) is 21.7 Å². The van der Waals surface area contributed by atoms with Gasteiger partial charge in [-0.2, -0.15) is 5.26 Å². The average molecular weight is 294 g/mol. The van der Waals surface area contributed by atoms with Crippen molar-refractivity contribution in [3.63, 3.8) is 0 Å². The second kappa shape index (κ2) is 5.61. The summed E-state index contributed by atoms with van der Waals surface area (Å²) in [6.07, 6.45) is 1.34. The van der Waals surface area contributed by atoms with Crippen molar-refractivity contribution in [1.82, 2.24) is 15.2 Å². The monoisotopic (exact) mass is 293 g/mol. The molecule has 0 bridgehead atoms. The van der Waals surface area contributed by atoms with Gasteiger partial charge in [-0.3, -0.25) is 4.79 Å². The fraction of sp³-hybridized carbons (Fsp3) is 0. The minimum Gasteiger partial charge on any atom is -0.306 e. The van der Waals surface area contributed by atoms with Gasteiger partial charge in [0.2, 0.25) is 0 Å². The highest BCUT2D eigenvalue weighted by atomic mass is 35.5. The standard InChI is InChI=1S/C11H5Cl2N5O/c12-8-3-7(10(13)18-17-8)11(19)16-9-2-1-6(4-14)5-15-9/h1-3,5H,(H,15,16,19). The highest BCUT2D eigenvalue weighted by Crippen LogP contribution is 2.16. The van der Waals surface area contributed by atoms with Crippen molar-refractivity contribution >= 4 is 34.9 Å². The number of aromatic nitrogens is 3. The van der Waals surface area contributed by atoms with Gasteiger partial charge in [-0.05, 0) is 18.2 Å². The molecule has 1 N–H and O–H groups in total. The van der Waals surface area contributed by atoms with Crippen molar-refractivity contribution < 1.29 is 4.79 Å². The molecular formula is C11H5Cl2N5O. The first-order valence-corrected chi connectivity index (χ1v) is 5.72. The second-order valence-electron chi connectivity index (χ2n) is 3.37. The van der Waals surface area contributed by atoms with Gasteiger partial charge in [-0.15, -0.1) is 10.2 Å². The Morgan fingerprint density at radius 3 is 2.74 bits per heavy atom. The maximum atomic E-state index is 11.9. The lowest BCUT2D eigenvalue weighted by molar-refractivity contribution is 0.102. The number of carbonyl (C=O) groups is 1. The fourth-order valence-corrected chi connectivity index (χ4v) is 1.55. The number of carbonyl (C=O) groups excluding carboxylic acids is 1. The number of nitrogens with zero attached hydrogens (tertiary/aromatic N) is 4. The first-order valence-electron chi connectivity index (χ1n) is 4.96.